The number of Topliss-reactive ketones (excluding diaryl/α,β-unsaturated/α-hetero) is 1. The molecule has 1 nitrogen and oxygen atoms in total. The van der Waals surface area contributed by atoms with E-state index in [0.29, 0.717) is 0 Å². The van der Waals surface area contributed by atoms with Gasteiger partial charge in [0.25, 0.3) is 0 Å². The topological polar surface area (TPSA) is 17.1 Å². The molecule has 3 rings (SSSR count). The van der Waals surface area contributed by atoms with Gasteiger partial charge in [-0.2, -0.15) is 0 Å². The van der Waals surface area contributed by atoms with E-state index in [9.17, 15) is 4.79 Å². The molecule has 1 heterocycles. The molecule has 2 aromatic rings. The maximum absolute atomic E-state index is 11.4. The molecule has 0 radical (unpaired) electrons. The van der Waals surface area contributed by atoms with E-state index in [1.54, 1.807) is 18.3 Å². The van der Waals surface area contributed by atoms with Gasteiger partial charge in [0, 0.05) is 0 Å². The van der Waals surface area contributed by atoms with Crippen LogP contribution in [0.5, 0.6) is 0 Å². The summed E-state index contributed by atoms with van der Waals surface area (Å²) < 4.78 is 0. The highest BCUT2D eigenvalue weighted by Gasteiger charge is 2.16. The normalized spacial score (nSPS) is 16.2. The van der Waals surface area contributed by atoms with Gasteiger partial charge < -0.3 is 0 Å². The minimum Gasteiger partial charge on any atom is -0.294 e. The number of rotatable bonds is 3. The average molecular weight is 284 g/mol. The first-order chi connectivity index (χ1) is 9.74. The van der Waals surface area contributed by atoms with Gasteiger partial charge >= 0.3 is 0 Å². The van der Waals surface area contributed by atoms with E-state index >= 15 is 0 Å². The van der Waals surface area contributed by atoms with Crippen LogP contribution in [0.25, 0.3) is 11.1 Å². The summed E-state index contributed by atoms with van der Waals surface area (Å²) in [6.45, 7) is 1.63. The molecule has 1 saturated carbocycles. The number of carbonyl (C=O) groups excluding carboxylic acids is 1. The Hall–Kier alpha value is -1.41. The molecule has 20 heavy (non-hydrogen) atoms. The summed E-state index contributed by atoms with van der Waals surface area (Å²) in [6.07, 6.45) is 6.77. The van der Waals surface area contributed by atoms with E-state index in [2.05, 4.69) is 29.6 Å². The minimum absolute atomic E-state index is 0.157. The second kappa shape index (κ2) is 5.92. The van der Waals surface area contributed by atoms with E-state index in [0.717, 1.165) is 10.8 Å². The summed E-state index contributed by atoms with van der Waals surface area (Å²) in [5, 5.41) is 2.09. The van der Waals surface area contributed by atoms with Crippen molar-refractivity contribution in [2.24, 2.45) is 0 Å². The van der Waals surface area contributed by atoms with Crippen LogP contribution in [0.15, 0.2) is 35.7 Å². The molecular weight excluding hydrogens is 264 g/mol. The minimum atomic E-state index is 0.157. The summed E-state index contributed by atoms with van der Waals surface area (Å²) >= 11 is 1.54. The monoisotopic (exact) mass is 284 g/mol. The molecule has 2 heteroatoms. The van der Waals surface area contributed by atoms with Crippen LogP contribution >= 0.6 is 11.3 Å². The molecule has 1 aliphatic rings. The third-order valence-corrected chi connectivity index (χ3v) is 5.27. The van der Waals surface area contributed by atoms with Crippen molar-refractivity contribution in [2.75, 3.05) is 0 Å². The maximum Gasteiger partial charge on any atom is 0.169 e. The Morgan fingerprint density at radius 1 is 1.10 bits per heavy atom. The molecule has 104 valence electrons. The molecule has 0 N–H and O–H groups in total. The Labute approximate surface area is 124 Å². The smallest absolute Gasteiger partial charge is 0.169 e. The Balaban J connectivity index is 1.87. The second-order valence-corrected chi connectivity index (χ2v) is 6.63. The first-order valence-corrected chi connectivity index (χ1v) is 8.32. The van der Waals surface area contributed by atoms with Gasteiger partial charge in [-0.3, -0.25) is 4.79 Å². The van der Waals surface area contributed by atoms with Crippen molar-refractivity contribution in [3.8, 4) is 11.1 Å². The summed E-state index contributed by atoms with van der Waals surface area (Å²) in [7, 11) is 0. The van der Waals surface area contributed by atoms with E-state index in [1.807, 2.05) is 6.07 Å². The molecule has 1 aliphatic carbocycles. The van der Waals surface area contributed by atoms with E-state index < -0.39 is 0 Å². The van der Waals surface area contributed by atoms with Crippen molar-refractivity contribution in [1.82, 2.24) is 0 Å². The Morgan fingerprint density at radius 2 is 1.90 bits per heavy atom. The molecule has 0 atom stereocenters. The largest absolute Gasteiger partial charge is 0.294 e. The molecule has 0 aliphatic heterocycles. The van der Waals surface area contributed by atoms with Crippen molar-refractivity contribution >= 4 is 17.1 Å². The van der Waals surface area contributed by atoms with Crippen LogP contribution in [0.2, 0.25) is 0 Å². The van der Waals surface area contributed by atoms with Gasteiger partial charge in [0.15, 0.2) is 5.78 Å². The highest BCUT2D eigenvalue weighted by atomic mass is 32.1. The molecule has 0 saturated heterocycles. The van der Waals surface area contributed by atoms with E-state index in [4.69, 9.17) is 0 Å². The predicted molar refractivity (Wildman–Crippen MR) is 85.6 cm³/mol. The summed E-state index contributed by atoms with van der Waals surface area (Å²) in [4.78, 5) is 12.3. The fourth-order valence-corrected chi connectivity index (χ4v) is 3.90. The third kappa shape index (κ3) is 2.85. The van der Waals surface area contributed by atoms with E-state index in [-0.39, 0.29) is 5.78 Å². The van der Waals surface area contributed by atoms with E-state index in [1.165, 1.54) is 48.8 Å². The second-order valence-electron chi connectivity index (χ2n) is 5.72. The van der Waals surface area contributed by atoms with Crippen molar-refractivity contribution in [3.63, 3.8) is 0 Å². The van der Waals surface area contributed by atoms with Crippen LogP contribution in [-0.2, 0) is 0 Å². The molecule has 0 bridgehead atoms. The van der Waals surface area contributed by atoms with Gasteiger partial charge in [0.1, 0.15) is 0 Å². The lowest BCUT2D eigenvalue weighted by Crippen LogP contribution is -2.04. The van der Waals surface area contributed by atoms with Crippen LogP contribution in [0.1, 0.15) is 60.2 Å². The lowest BCUT2D eigenvalue weighted by atomic mass is 9.83. The number of ketones is 1. The Morgan fingerprint density at radius 3 is 2.60 bits per heavy atom. The standard InChI is InChI=1S/C18H20OS/c1-13(19)18-11-17(12-20-18)16-9-5-8-15(10-16)14-6-3-2-4-7-14/h5,8-12,14H,2-4,6-7H2,1H3. The van der Waals surface area contributed by atoms with Crippen molar-refractivity contribution in [3.05, 3.63) is 46.2 Å². The third-order valence-electron chi connectivity index (χ3n) is 4.24. The molecule has 1 aromatic carbocycles. The SMILES string of the molecule is CC(=O)c1cc(-c2cccc(C3CCCCC3)c2)cs1. The van der Waals surface area contributed by atoms with Crippen molar-refractivity contribution in [2.45, 2.75) is 44.9 Å². The van der Waals surface area contributed by atoms with Gasteiger partial charge in [0.05, 0.1) is 4.88 Å². The molecule has 1 fully saturated rings. The Kier molecular flexibility index (Phi) is 4.02. The average Bonchev–Trinajstić information content (AvgIpc) is 2.98. The van der Waals surface area contributed by atoms with Crippen LogP contribution in [0.4, 0.5) is 0 Å². The van der Waals surface area contributed by atoms with Gasteiger partial charge in [0.2, 0.25) is 0 Å². The maximum atomic E-state index is 11.4. The van der Waals surface area contributed by atoms with Gasteiger partial charge in [-0.05, 0) is 53.8 Å². The zero-order chi connectivity index (χ0) is 13.9. The summed E-state index contributed by atoms with van der Waals surface area (Å²) in [6, 6.07) is 10.9. The zero-order valence-corrected chi connectivity index (χ0v) is 12.7. The first-order valence-electron chi connectivity index (χ1n) is 7.44. The fraction of sp³-hybridized carbons (Fsp3) is 0.389. The molecule has 0 spiro atoms. The quantitative estimate of drug-likeness (QED) is 0.664. The Bertz CT molecular complexity index is 605. The molecular formula is C18H20OS. The number of hydrogen-bond donors (Lipinski definition) is 0. The van der Waals surface area contributed by atoms with Crippen LogP contribution < -0.4 is 0 Å². The molecule has 0 amide bonds. The highest BCUT2D eigenvalue weighted by Crippen LogP contribution is 2.35. The number of carbonyl (C=O) groups is 1. The van der Waals surface area contributed by atoms with Crippen molar-refractivity contribution in [1.29, 1.82) is 0 Å². The number of benzene rings is 1. The summed E-state index contributed by atoms with van der Waals surface area (Å²) in [5.74, 6) is 0.888. The lowest BCUT2D eigenvalue weighted by molar-refractivity contribution is 0.102. The summed E-state index contributed by atoms with van der Waals surface area (Å²) in [5.41, 5.74) is 3.90. The highest BCUT2D eigenvalue weighted by molar-refractivity contribution is 7.12. The number of thiophene rings is 1. The van der Waals surface area contributed by atoms with Crippen LogP contribution in [0, 0.1) is 0 Å². The fourth-order valence-electron chi connectivity index (χ4n) is 3.08. The van der Waals surface area contributed by atoms with Gasteiger partial charge in [-0.25, -0.2) is 0 Å². The lowest BCUT2D eigenvalue weighted by Gasteiger charge is -2.22. The van der Waals surface area contributed by atoms with Gasteiger partial charge in [-0.1, -0.05) is 43.5 Å². The molecule has 1 aromatic heterocycles. The van der Waals surface area contributed by atoms with Crippen LogP contribution in [0.3, 0.4) is 0 Å². The molecule has 0 unspecified atom stereocenters. The van der Waals surface area contributed by atoms with Crippen LogP contribution in [-0.4, -0.2) is 5.78 Å². The zero-order valence-electron chi connectivity index (χ0n) is 11.9. The predicted octanol–water partition coefficient (Wildman–Crippen LogP) is 5.67. The van der Waals surface area contributed by atoms with Gasteiger partial charge in [-0.15, -0.1) is 11.3 Å². The number of hydrogen-bond acceptors (Lipinski definition) is 2. The van der Waals surface area contributed by atoms with Crippen molar-refractivity contribution < 1.29 is 4.79 Å². The first kappa shape index (κ1) is 13.6.